The molecule has 8 saturated carbocycles. The van der Waals surface area contributed by atoms with Crippen LogP contribution in [-0.4, -0.2) is 76.8 Å². The van der Waals surface area contributed by atoms with Gasteiger partial charge in [-0.1, -0.05) is 12.2 Å². The average molecular weight is 1190 g/mol. The zero-order chi connectivity index (χ0) is 64.2. The molecule has 1 spiro atoms. The van der Waals surface area contributed by atoms with E-state index in [1.54, 1.807) is 85.3 Å². The van der Waals surface area contributed by atoms with Gasteiger partial charge >= 0.3 is 11.9 Å². The molecular formula is C67H67FN6O13. The number of aliphatic carboxylic acids is 2. The molecule has 0 radical (unpaired) electrons. The number of aldehydes is 1. The quantitative estimate of drug-likeness (QED) is 0.0408. The number of hydrogen-bond donors (Lipinski definition) is 4. The van der Waals surface area contributed by atoms with Crippen molar-refractivity contribution in [1.29, 1.82) is 10.5 Å². The molecule has 2 aromatic carbocycles. The highest BCUT2D eigenvalue weighted by molar-refractivity contribution is 5.90. The van der Waals surface area contributed by atoms with E-state index < -0.39 is 41.7 Å². The molecule has 1 atom stereocenters. The lowest BCUT2D eigenvalue weighted by Crippen LogP contribution is -2.76. The standard InChI is InChI=1S/C33H31N3O7.C22H24O5.C11H9N3O.CH3F/c1-31(2)24(29(36-4)30(41-31)26(17-34)35-3)8-6-20-15-21(7-9-28(38)39)27(37)16-25(20)33(40-5)32(42-43-33)22-11-18-10-19(13-22)14-23(32)12-18;1-27-22(21-15-5-12-4-13(7-15)8-16(21)6-12)18-10-19(24)14(2-3-20(25)26)9-17(18)11-23;1-7-9(14-5)10(8(6-12)13-4)15-11(7,2)3;1-2/h6-9,15-16,18-19,22-23,37H,10-14H2,1-2,5H3,(H,38,39);2-3,9-13,15-16,24H,4-8H2,1H3,(H,25,26);1-3H3;1H3/b8-6+,9-7+,30-26+;3-2+,22-21?;10-8+;/i;;;1T. The van der Waals surface area contributed by atoms with Gasteiger partial charge in [0.25, 0.3) is 17.2 Å². The summed E-state index contributed by atoms with van der Waals surface area (Å²) in [5, 5.41) is 57.7. The maximum absolute atomic E-state index is 11.7. The highest BCUT2D eigenvalue weighted by Gasteiger charge is 2.77. The van der Waals surface area contributed by atoms with E-state index in [9.17, 15) is 39.4 Å². The van der Waals surface area contributed by atoms with E-state index in [0.29, 0.717) is 57.1 Å². The van der Waals surface area contributed by atoms with Crippen molar-refractivity contribution in [3.05, 3.63) is 173 Å². The number of phenols is 2. The highest BCUT2D eigenvalue weighted by Crippen LogP contribution is 2.70. The second kappa shape index (κ2) is 25.4. The first-order valence-electron chi connectivity index (χ1n) is 29.0. The summed E-state index contributed by atoms with van der Waals surface area (Å²) in [6, 6.07) is 9.78. The van der Waals surface area contributed by atoms with E-state index in [0.717, 1.165) is 67.3 Å². The number of carboxylic acids is 2. The third-order valence-corrected chi connectivity index (χ3v) is 18.7. The van der Waals surface area contributed by atoms with Crippen molar-refractivity contribution in [3.63, 3.8) is 0 Å². The fourth-order valence-electron chi connectivity index (χ4n) is 15.2. The van der Waals surface area contributed by atoms with Crippen LogP contribution < -0.4 is 0 Å². The van der Waals surface area contributed by atoms with Gasteiger partial charge in [0, 0.05) is 52.7 Å². The highest BCUT2D eigenvalue weighted by atomic mass is 19.1. The van der Waals surface area contributed by atoms with Crippen molar-refractivity contribution < 1.29 is 69.3 Å². The Balaban J connectivity index is 0.000000189. The molecule has 4 N–H and O–H groups in total. The predicted octanol–water partition coefficient (Wildman–Crippen LogP) is 13.4. The minimum atomic E-state index is -1.33. The summed E-state index contributed by atoms with van der Waals surface area (Å²) in [6.45, 7) is 37.9. The van der Waals surface area contributed by atoms with E-state index >= 15 is 0 Å². The Bertz CT molecular complexity index is 3660. The number of alkyl halides is 1. The first-order valence-corrected chi connectivity index (χ1v) is 28.3. The second-order valence-corrected chi connectivity index (χ2v) is 24.2. The van der Waals surface area contributed by atoms with Gasteiger partial charge in [0.2, 0.25) is 11.4 Å². The number of benzene rings is 2. The smallest absolute Gasteiger partial charge is 0.328 e. The molecule has 20 heteroatoms. The van der Waals surface area contributed by atoms with Gasteiger partial charge in [-0.2, -0.15) is 4.89 Å². The molecule has 8 bridgehead atoms. The van der Waals surface area contributed by atoms with Crippen LogP contribution in [0.15, 0.2) is 93.5 Å². The van der Waals surface area contributed by atoms with Crippen LogP contribution in [-0.2, 0) is 44.1 Å². The van der Waals surface area contributed by atoms with Gasteiger partial charge in [0.1, 0.15) is 40.0 Å². The van der Waals surface area contributed by atoms with Crippen LogP contribution in [0.4, 0.5) is 4.39 Å². The lowest BCUT2D eigenvalue weighted by atomic mass is 9.47. The van der Waals surface area contributed by atoms with Crippen LogP contribution in [0, 0.1) is 96.3 Å². The molecule has 11 aliphatic rings. The third-order valence-electron chi connectivity index (χ3n) is 18.7. The summed E-state index contributed by atoms with van der Waals surface area (Å²) in [7, 11) is 2.19. The fourth-order valence-corrected chi connectivity index (χ4v) is 15.2. The van der Waals surface area contributed by atoms with E-state index in [2.05, 4.69) is 19.4 Å². The van der Waals surface area contributed by atoms with Crippen LogP contribution in [0.2, 0.25) is 0 Å². The van der Waals surface area contributed by atoms with Gasteiger partial charge in [-0.05, 0) is 199 Å². The lowest BCUT2D eigenvalue weighted by molar-refractivity contribution is -0.645. The van der Waals surface area contributed by atoms with Crippen molar-refractivity contribution >= 4 is 42.2 Å². The summed E-state index contributed by atoms with van der Waals surface area (Å²) in [4.78, 5) is 59.0. The van der Waals surface area contributed by atoms with Gasteiger partial charge in [0.15, 0.2) is 11.9 Å². The summed E-state index contributed by atoms with van der Waals surface area (Å²) in [5.41, 5.74) is 2.64. The number of nitrogens with zero attached hydrogens (tertiary/aromatic N) is 6. The van der Waals surface area contributed by atoms with Crippen LogP contribution in [0.3, 0.4) is 0 Å². The Morgan fingerprint density at radius 3 is 1.59 bits per heavy atom. The summed E-state index contributed by atoms with van der Waals surface area (Å²) in [5.74, 6) is 1.33. The molecule has 8 aliphatic carbocycles. The Labute approximate surface area is 506 Å². The number of carbonyl (C=O) groups excluding carboxylic acids is 1. The summed E-state index contributed by atoms with van der Waals surface area (Å²) < 4.78 is 38.9. The monoisotopic (exact) mass is 1180 g/mol. The van der Waals surface area contributed by atoms with Gasteiger partial charge in [0.05, 0.1) is 54.1 Å². The number of halogens is 1. The van der Waals surface area contributed by atoms with Gasteiger partial charge in [-0.25, -0.2) is 44.4 Å². The molecule has 3 aliphatic heterocycles. The maximum atomic E-state index is 11.7. The zero-order valence-electron chi connectivity index (χ0n) is 50.3. The minimum Gasteiger partial charge on any atom is -0.507 e. The topological polar surface area (TPSA) is 253 Å². The van der Waals surface area contributed by atoms with Crippen LogP contribution in [0.5, 0.6) is 11.5 Å². The van der Waals surface area contributed by atoms with Crippen molar-refractivity contribution in [2.75, 3.05) is 21.4 Å². The molecule has 19 nitrogen and oxygen atoms in total. The predicted molar refractivity (Wildman–Crippen MR) is 314 cm³/mol. The van der Waals surface area contributed by atoms with Crippen molar-refractivity contribution in [1.82, 2.24) is 0 Å². The van der Waals surface area contributed by atoms with Gasteiger partial charge in [-0.15, -0.1) is 0 Å². The molecule has 450 valence electrons. The number of rotatable bonds is 11. The first-order chi connectivity index (χ1) is 41.9. The van der Waals surface area contributed by atoms with Crippen LogP contribution in [0.1, 0.15) is 138 Å². The molecule has 87 heavy (non-hydrogen) atoms. The number of aromatic hydroxyl groups is 2. The second-order valence-electron chi connectivity index (χ2n) is 24.2. The molecule has 3 heterocycles. The zero-order valence-corrected chi connectivity index (χ0v) is 49.3. The molecule has 9 fully saturated rings. The molecule has 0 amide bonds. The number of carboxylic acid groups (broad SMARTS) is 2. The Kier molecular flexibility index (Phi) is 18.1. The Morgan fingerprint density at radius 1 is 0.690 bits per heavy atom. The Hall–Kier alpha value is -9.28. The van der Waals surface area contributed by atoms with Crippen molar-refractivity contribution in [3.8, 4) is 23.6 Å². The molecule has 13 rings (SSSR count). The van der Waals surface area contributed by atoms with E-state index in [1.165, 1.54) is 68.4 Å². The van der Waals surface area contributed by atoms with E-state index in [4.69, 9.17) is 66.8 Å². The van der Waals surface area contributed by atoms with Crippen LogP contribution in [0.25, 0.3) is 43.4 Å². The number of carbonyl (C=O) groups is 3. The van der Waals surface area contributed by atoms with E-state index in [1.807, 2.05) is 0 Å². The molecule has 2 aromatic rings. The number of hydrogen-bond acceptors (Lipinski definition) is 13. The summed E-state index contributed by atoms with van der Waals surface area (Å²) in [6.07, 6.45) is 20.1. The third kappa shape index (κ3) is 11.5. The lowest BCUT2D eigenvalue weighted by Gasteiger charge is -2.68. The van der Waals surface area contributed by atoms with E-state index in [-0.39, 0.29) is 63.2 Å². The maximum Gasteiger partial charge on any atom is 0.328 e. The number of ether oxygens (including phenoxy) is 4. The summed E-state index contributed by atoms with van der Waals surface area (Å²) >= 11 is 0. The number of phenolic OH excluding ortho intramolecular Hbond substituents is 2. The Morgan fingerprint density at radius 2 is 1.16 bits per heavy atom. The number of nitriles is 2. The van der Waals surface area contributed by atoms with Gasteiger partial charge in [-0.3, -0.25) is 9.18 Å². The molecular weight excluding hydrogens is 1120 g/mol. The minimum absolute atomic E-state index is 0.0577. The fraction of sp³-hybridized carbons (Fsp3) is 0.448. The van der Waals surface area contributed by atoms with Crippen molar-refractivity contribution in [2.45, 2.75) is 121 Å². The largest absolute Gasteiger partial charge is 0.507 e. The molecule has 0 aromatic heterocycles. The molecule has 1 saturated heterocycles. The molecule has 1 unspecified atom stereocenters. The number of allylic oxidation sites excluding steroid dienone is 3. The van der Waals surface area contributed by atoms with Gasteiger partial charge < -0.3 is 39.4 Å². The van der Waals surface area contributed by atoms with Crippen LogP contribution >= 0.6 is 0 Å². The first kappa shape index (κ1) is 62.3. The SMILES string of the molecule is COC(=C1C2CC3CC(C2)CC1C3)c1cc(O)c(/C=C/C(=O)O)cc1C=O.[3H]CF.[C-]#[N+]C1=C(/C=C/c2cc(/C=C/C(=O)O)c(O)cc2C2(OC)OOC23C2CC4CC(C2)CC3C4)C(C)(C)O/C1=C(\C#N)[N+]#[C-].[C-]#[N+]C1=C(C)C(C)(C)O/C1=C(\C#N)[N+]#[C-]. The van der Waals surface area contributed by atoms with Crippen molar-refractivity contribution in [2.24, 2.45) is 47.3 Å². The normalized spacial score (nSPS) is 29.8. The average Bonchev–Trinajstić information content (AvgIpc) is 0.983. The number of methoxy groups -OCH3 is 2.